The molecule has 0 unspecified atom stereocenters. The molecule has 0 atom stereocenters. The fraction of sp³-hybridized carbons (Fsp3) is 0.167. The number of carbonyl (C=O) groups is 1. The van der Waals surface area contributed by atoms with Crippen LogP contribution in [0.3, 0.4) is 0 Å². The number of aryl methyl sites for hydroxylation is 1. The van der Waals surface area contributed by atoms with Crippen molar-refractivity contribution in [1.82, 2.24) is 24.4 Å². The van der Waals surface area contributed by atoms with E-state index >= 15 is 0 Å². The van der Waals surface area contributed by atoms with Crippen LogP contribution in [0.4, 0.5) is 23.2 Å². The minimum atomic E-state index is -4.78. The van der Waals surface area contributed by atoms with E-state index < -0.39 is 29.3 Å². The third-order valence-electron chi connectivity index (χ3n) is 5.71. The summed E-state index contributed by atoms with van der Waals surface area (Å²) in [5.41, 5.74) is -0.118. The maximum absolute atomic E-state index is 14.1. The SMILES string of the molecule is Cc1nn(Cc2ccccc2F)c(C)c1NC(=O)c1nn2c(C(F)(F)F)cc(-c3cccs3)nc2c1Cl. The summed E-state index contributed by atoms with van der Waals surface area (Å²) in [5.74, 6) is -1.23. The lowest BCUT2D eigenvalue weighted by atomic mass is 10.2. The molecule has 13 heteroatoms. The summed E-state index contributed by atoms with van der Waals surface area (Å²) in [5, 5.41) is 12.2. The van der Waals surface area contributed by atoms with E-state index in [1.54, 1.807) is 49.6 Å². The van der Waals surface area contributed by atoms with Crippen molar-refractivity contribution in [2.45, 2.75) is 26.6 Å². The fourth-order valence-corrected chi connectivity index (χ4v) is 4.81. The molecule has 0 aliphatic heterocycles. The number of benzene rings is 1. The molecule has 0 saturated carbocycles. The Morgan fingerprint density at radius 3 is 2.57 bits per heavy atom. The van der Waals surface area contributed by atoms with Crippen LogP contribution in [0.2, 0.25) is 5.02 Å². The van der Waals surface area contributed by atoms with Crippen LogP contribution in [0.25, 0.3) is 16.2 Å². The van der Waals surface area contributed by atoms with Crippen LogP contribution in [0, 0.1) is 19.7 Å². The molecule has 190 valence electrons. The van der Waals surface area contributed by atoms with Gasteiger partial charge in [0.05, 0.1) is 34.2 Å². The van der Waals surface area contributed by atoms with Gasteiger partial charge in [0.2, 0.25) is 0 Å². The number of hydrogen-bond donors (Lipinski definition) is 1. The molecule has 0 fully saturated rings. The minimum Gasteiger partial charge on any atom is -0.317 e. The molecular weight excluding hydrogens is 532 g/mol. The molecule has 0 aliphatic rings. The summed E-state index contributed by atoms with van der Waals surface area (Å²) in [6.07, 6.45) is -4.78. The van der Waals surface area contributed by atoms with Gasteiger partial charge in [-0.3, -0.25) is 9.48 Å². The summed E-state index contributed by atoms with van der Waals surface area (Å²) >= 11 is 7.57. The van der Waals surface area contributed by atoms with Crippen LogP contribution in [-0.2, 0) is 12.7 Å². The minimum absolute atomic E-state index is 0.0599. The third kappa shape index (κ3) is 4.58. The number of carbonyl (C=O) groups excluding carboxylic acids is 1. The van der Waals surface area contributed by atoms with E-state index in [2.05, 4.69) is 20.5 Å². The fourth-order valence-electron chi connectivity index (χ4n) is 3.88. The Morgan fingerprint density at radius 2 is 1.89 bits per heavy atom. The van der Waals surface area contributed by atoms with Crippen LogP contribution in [0.15, 0.2) is 47.8 Å². The maximum atomic E-state index is 14.1. The number of nitrogens with zero attached hydrogens (tertiary/aromatic N) is 5. The number of amides is 1. The molecule has 0 radical (unpaired) electrons. The summed E-state index contributed by atoms with van der Waals surface area (Å²) in [7, 11) is 0. The van der Waals surface area contributed by atoms with Crippen molar-refractivity contribution in [3.8, 4) is 10.6 Å². The van der Waals surface area contributed by atoms with Crippen LogP contribution in [0.5, 0.6) is 0 Å². The molecule has 0 saturated heterocycles. The highest BCUT2D eigenvalue weighted by Crippen LogP contribution is 2.35. The van der Waals surface area contributed by atoms with E-state index in [9.17, 15) is 22.4 Å². The standard InChI is InChI=1S/C24H17ClF4N6OS/c1-12-20(13(2)34(32-12)11-14-6-3-4-7-15(14)26)31-23(36)21-19(25)22-30-16(17-8-5-9-37-17)10-18(24(27,28)29)35(22)33-21/h3-10H,11H2,1-2H3,(H,31,36). The zero-order valence-electron chi connectivity index (χ0n) is 19.3. The smallest absolute Gasteiger partial charge is 0.317 e. The van der Waals surface area contributed by atoms with E-state index in [-0.39, 0.29) is 22.9 Å². The van der Waals surface area contributed by atoms with Gasteiger partial charge in [0.1, 0.15) is 10.8 Å². The van der Waals surface area contributed by atoms with Crippen molar-refractivity contribution in [2.75, 3.05) is 5.32 Å². The Hall–Kier alpha value is -3.77. The lowest BCUT2D eigenvalue weighted by molar-refractivity contribution is -0.142. The number of aromatic nitrogens is 5. The Kier molecular flexibility index (Phi) is 6.24. The quantitative estimate of drug-likeness (QED) is 0.258. The third-order valence-corrected chi connectivity index (χ3v) is 6.95. The van der Waals surface area contributed by atoms with Gasteiger partial charge in [-0.1, -0.05) is 35.9 Å². The largest absolute Gasteiger partial charge is 0.433 e. The van der Waals surface area contributed by atoms with Crippen molar-refractivity contribution < 1.29 is 22.4 Å². The molecule has 37 heavy (non-hydrogen) atoms. The molecule has 7 nitrogen and oxygen atoms in total. The van der Waals surface area contributed by atoms with Crippen LogP contribution >= 0.6 is 22.9 Å². The molecule has 1 N–H and O–H groups in total. The predicted molar refractivity (Wildman–Crippen MR) is 131 cm³/mol. The Bertz CT molecular complexity index is 1640. The van der Waals surface area contributed by atoms with Crippen LogP contribution < -0.4 is 5.32 Å². The molecule has 5 rings (SSSR count). The predicted octanol–water partition coefficient (Wildman–Crippen LogP) is 6.38. The number of hydrogen-bond acceptors (Lipinski definition) is 5. The molecule has 0 aliphatic carbocycles. The number of nitrogens with one attached hydrogen (secondary N) is 1. The molecule has 0 spiro atoms. The number of alkyl halides is 3. The second-order valence-corrected chi connectivity index (χ2v) is 9.47. The first kappa shape index (κ1) is 24.9. The molecule has 4 heterocycles. The number of rotatable bonds is 5. The second-order valence-electron chi connectivity index (χ2n) is 8.15. The van der Waals surface area contributed by atoms with Crippen molar-refractivity contribution in [3.05, 3.63) is 87.0 Å². The molecule has 4 aromatic heterocycles. The van der Waals surface area contributed by atoms with Gasteiger partial charge >= 0.3 is 6.18 Å². The average Bonchev–Trinajstić information content (AvgIpc) is 3.55. The first-order valence-electron chi connectivity index (χ1n) is 10.8. The first-order valence-corrected chi connectivity index (χ1v) is 12.1. The number of anilines is 1. The van der Waals surface area contributed by atoms with Gasteiger partial charge in [-0.15, -0.1) is 11.3 Å². The van der Waals surface area contributed by atoms with Crippen LogP contribution in [-0.4, -0.2) is 30.3 Å². The number of halogens is 5. The van der Waals surface area contributed by atoms with Gasteiger partial charge in [-0.25, -0.2) is 13.9 Å². The highest BCUT2D eigenvalue weighted by molar-refractivity contribution is 7.13. The van der Waals surface area contributed by atoms with Gasteiger partial charge < -0.3 is 5.32 Å². The molecule has 5 aromatic rings. The second kappa shape index (κ2) is 9.27. The lowest BCUT2D eigenvalue weighted by Crippen LogP contribution is -2.16. The highest BCUT2D eigenvalue weighted by Gasteiger charge is 2.37. The molecule has 1 aromatic carbocycles. The topological polar surface area (TPSA) is 77.1 Å². The Morgan fingerprint density at radius 1 is 1.14 bits per heavy atom. The van der Waals surface area contributed by atoms with Gasteiger partial charge in [-0.2, -0.15) is 23.4 Å². The average molecular weight is 549 g/mol. The van der Waals surface area contributed by atoms with E-state index in [0.29, 0.717) is 32.0 Å². The summed E-state index contributed by atoms with van der Waals surface area (Å²) < 4.78 is 57.8. The number of fused-ring (bicyclic) bond motifs is 1. The summed E-state index contributed by atoms with van der Waals surface area (Å²) in [4.78, 5) is 17.9. The first-order chi connectivity index (χ1) is 17.5. The zero-order valence-corrected chi connectivity index (χ0v) is 20.8. The van der Waals surface area contributed by atoms with E-state index in [4.69, 9.17) is 11.6 Å². The van der Waals surface area contributed by atoms with Crippen molar-refractivity contribution in [3.63, 3.8) is 0 Å². The van der Waals surface area contributed by atoms with Crippen molar-refractivity contribution in [2.24, 2.45) is 0 Å². The van der Waals surface area contributed by atoms with Crippen LogP contribution in [0.1, 0.15) is 33.1 Å². The maximum Gasteiger partial charge on any atom is 0.433 e. The van der Waals surface area contributed by atoms with E-state index in [0.717, 1.165) is 6.07 Å². The van der Waals surface area contributed by atoms with E-state index in [1.165, 1.54) is 22.1 Å². The highest BCUT2D eigenvalue weighted by atomic mass is 35.5. The van der Waals surface area contributed by atoms with Crippen molar-refractivity contribution >= 4 is 40.2 Å². The normalized spacial score (nSPS) is 11.9. The summed E-state index contributed by atoms with van der Waals surface area (Å²) in [6, 6.07) is 10.4. The lowest BCUT2D eigenvalue weighted by Gasteiger charge is -2.10. The van der Waals surface area contributed by atoms with Gasteiger partial charge in [0, 0.05) is 5.56 Å². The molecular formula is C24H17ClF4N6OS. The van der Waals surface area contributed by atoms with Gasteiger partial charge in [-0.05, 0) is 37.4 Å². The molecule has 0 bridgehead atoms. The summed E-state index contributed by atoms with van der Waals surface area (Å²) in [6.45, 7) is 3.44. The van der Waals surface area contributed by atoms with Gasteiger partial charge in [0.25, 0.3) is 5.91 Å². The van der Waals surface area contributed by atoms with Crippen molar-refractivity contribution in [1.29, 1.82) is 0 Å². The Labute approximate surface area is 216 Å². The Balaban J connectivity index is 1.52. The van der Waals surface area contributed by atoms with Gasteiger partial charge in [0.15, 0.2) is 17.0 Å². The zero-order chi connectivity index (χ0) is 26.5. The van der Waals surface area contributed by atoms with E-state index in [1.807, 2.05) is 0 Å². The number of thiophene rings is 1. The monoisotopic (exact) mass is 548 g/mol. The molecule has 1 amide bonds.